The number of fused-ring (bicyclic) bond motifs is 1. The second-order valence-corrected chi connectivity index (χ2v) is 20.1. The highest BCUT2D eigenvalue weighted by molar-refractivity contribution is 7.84. The Bertz CT molecular complexity index is 1790. The summed E-state index contributed by atoms with van der Waals surface area (Å²) in [6.07, 6.45) is 6.20. The van der Waals surface area contributed by atoms with Crippen LogP contribution in [0.15, 0.2) is 73.2 Å². The van der Waals surface area contributed by atoms with E-state index < -0.39 is 24.1 Å². The smallest absolute Gasteiger partial charge is 0.192 e. The van der Waals surface area contributed by atoms with Gasteiger partial charge in [-0.25, -0.2) is 18.6 Å². The van der Waals surface area contributed by atoms with E-state index in [1.54, 1.807) is 6.20 Å². The van der Waals surface area contributed by atoms with Crippen LogP contribution in [-0.4, -0.2) is 46.8 Å². The van der Waals surface area contributed by atoms with Crippen LogP contribution >= 0.6 is 0 Å². The zero-order valence-electron chi connectivity index (χ0n) is 26.9. The zero-order chi connectivity index (χ0) is 31.9. The van der Waals surface area contributed by atoms with Crippen LogP contribution in [0, 0.1) is 0 Å². The molecule has 0 aliphatic carbocycles. The second-order valence-electron chi connectivity index (χ2n) is 13.6. The minimum absolute atomic E-state index is 0.0674. The molecule has 0 aliphatic rings. The lowest BCUT2D eigenvalue weighted by molar-refractivity contribution is 0.272. The predicted octanol–water partition coefficient (Wildman–Crippen LogP) is 7.08. The summed E-state index contributed by atoms with van der Waals surface area (Å²) in [4.78, 5) is 10.0. The molecule has 2 N–H and O–H groups in total. The van der Waals surface area contributed by atoms with E-state index in [1.165, 1.54) is 0 Å². The molecule has 4 aromatic heterocycles. The van der Waals surface area contributed by atoms with Crippen LogP contribution in [0.5, 0.6) is 0 Å². The molecule has 0 bridgehead atoms. The van der Waals surface area contributed by atoms with Crippen molar-refractivity contribution < 1.29 is 8.63 Å². The third-order valence-electron chi connectivity index (χ3n) is 8.73. The molecule has 0 aliphatic heterocycles. The maximum Gasteiger partial charge on any atom is 0.192 e. The van der Waals surface area contributed by atoms with Gasteiger partial charge >= 0.3 is 0 Å². The number of aromatic nitrogens is 6. The van der Waals surface area contributed by atoms with Crippen LogP contribution in [0.4, 0.5) is 0 Å². The van der Waals surface area contributed by atoms with Crippen molar-refractivity contribution in [3.8, 4) is 22.8 Å². The number of nitrogens with two attached hydrogens (primary N) is 1. The first-order valence-corrected chi connectivity index (χ1v) is 19.0. The van der Waals surface area contributed by atoms with Crippen molar-refractivity contribution in [3.63, 3.8) is 0 Å². The Morgan fingerprint density at radius 1 is 1.00 bits per heavy atom. The molecule has 0 saturated heterocycles. The standard InChI is InChI=1S/C33H43N7O2SSi/c1-23(20-33(5,6)43(34)41)27-13-10-14-28(38-27)24-18-29(39-17-11-16-35-39)26-21-36-40(30(26)19-24)31-15-9-12-25(37-31)22-42-44(7,8)32(2,3)4/h9-19,21,23H,20,22,34H2,1-8H3/t23-,43?/m0/s1. The van der Waals surface area contributed by atoms with Gasteiger partial charge in [0.25, 0.3) is 0 Å². The van der Waals surface area contributed by atoms with E-state index in [-0.39, 0.29) is 11.0 Å². The van der Waals surface area contributed by atoms with Crippen LogP contribution in [0.2, 0.25) is 18.1 Å². The van der Waals surface area contributed by atoms with E-state index in [2.05, 4.69) is 58.0 Å². The lowest BCUT2D eigenvalue weighted by atomic mass is 9.94. The first-order valence-electron chi connectivity index (χ1n) is 14.9. The molecular formula is C33H43N7O2SSi. The Kier molecular flexibility index (Phi) is 8.78. The topological polar surface area (TPSA) is 114 Å². The summed E-state index contributed by atoms with van der Waals surface area (Å²) in [5.41, 5.74) is 5.33. The van der Waals surface area contributed by atoms with Gasteiger partial charge in [-0.1, -0.05) is 39.8 Å². The molecule has 1 aromatic carbocycles. The Balaban J connectivity index is 1.56. The van der Waals surface area contributed by atoms with Gasteiger partial charge in [0.2, 0.25) is 0 Å². The summed E-state index contributed by atoms with van der Waals surface area (Å²) in [5, 5.41) is 16.1. The summed E-state index contributed by atoms with van der Waals surface area (Å²) in [5.74, 6) is 0.782. The number of benzene rings is 1. The number of rotatable bonds is 10. The van der Waals surface area contributed by atoms with Gasteiger partial charge in [0.05, 0.1) is 51.1 Å². The SMILES string of the molecule is C[C@@H](CC(C)(C)S(N)=O)c1cccc(-c2cc(-n3cccn3)c3cnn(-c4cccc(CO[Si](C)(C)C(C)(C)C)n4)c3c2)n1. The molecule has 44 heavy (non-hydrogen) atoms. The summed E-state index contributed by atoms with van der Waals surface area (Å²) in [7, 11) is -3.37. The van der Waals surface area contributed by atoms with Gasteiger partial charge in [0, 0.05) is 29.0 Å². The summed E-state index contributed by atoms with van der Waals surface area (Å²) in [6.45, 7) is 17.6. The molecule has 11 heteroatoms. The highest BCUT2D eigenvalue weighted by Crippen LogP contribution is 2.37. The van der Waals surface area contributed by atoms with Gasteiger partial charge in [0.15, 0.2) is 14.1 Å². The Morgan fingerprint density at radius 2 is 1.75 bits per heavy atom. The fraction of sp³-hybridized carbons (Fsp3) is 0.394. The molecular weight excluding hydrogens is 587 g/mol. The molecule has 5 rings (SSSR count). The normalized spacial score (nSPS) is 14.2. The fourth-order valence-corrected chi connectivity index (χ4v) is 6.34. The number of hydrogen-bond acceptors (Lipinski definition) is 6. The first kappa shape index (κ1) is 31.9. The molecule has 5 aromatic rings. The highest BCUT2D eigenvalue weighted by atomic mass is 32.2. The largest absolute Gasteiger partial charge is 0.411 e. The lowest BCUT2D eigenvalue weighted by Crippen LogP contribution is -2.40. The Labute approximate surface area is 263 Å². The minimum Gasteiger partial charge on any atom is -0.411 e. The molecule has 0 amide bonds. The van der Waals surface area contributed by atoms with Crippen molar-refractivity contribution in [3.05, 3.63) is 84.6 Å². The average Bonchev–Trinajstić information content (AvgIpc) is 3.66. The lowest BCUT2D eigenvalue weighted by Gasteiger charge is -2.36. The second kappa shape index (κ2) is 12.1. The van der Waals surface area contributed by atoms with Gasteiger partial charge in [-0.05, 0) is 86.8 Å². The van der Waals surface area contributed by atoms with Crippen molar-refractivity contribution in [2.75, 3.05) is 0 Å². The van der Waals surface area contributed by atoms with E-state index in [4.69, 9.17) is 24.6 Å². The molecule has 9 nitrogen and oxygen atoms in total. The van der Waals surface area contributed by atoms with Crippen molar-refractivity contribution >= 4 is 30.2 Å². The summed E-state index contributed by atoms with van der Waals surface area (Å²) >= 11 is 0. The minimum atomic E-state index is -1.93. The molecule has 0 saturated carbocycles. The number of hydrogen-bond donors (Lipinski definition) is 1. The molecule has 1 unspecified atom stereocenters. The van der Waals surface area contributed by atoms with Crippen LogP contribution in [0.25, 0.3) is 33.7 Å². The van der Waals surface area contributed by atoms with Gasteiger partial charge in [-0.15, -0.1) is 0 Å². The Hall–Kier alpha value is -3.51. The molecule has 4 heterocycles. The van der Waals surface area contributed by atoms with Gasteiger partial charge in [-0.2, -0.15) is 10.2 Å². The van der Waals surface area contributed by atoms with Crippen LogP contribution in [0.1, 0.15) is 65.3 Å². The molecule has 0 fully saturated rings. The van der Waals surface area contributed by atoms with Crippen molar-refractivity contribution in [1.82, 2.24) is 29.5 Å². The average molecular weight is 630 g/mol. The van der Waals surface area contributed by atoms with E-state index in [1.807, 2.05) is 78.1 Å². The first-order chi connectivity index (χ1) is 20.7. The predicted molar refractivity (Wildman–Crippen MR) is 181 cm³/mol. The quantitative estimate of drug-likeness (QED) is 0.165. The monoisotopic (exact) mass is 629 g/mol. The molecule has 2 atom stereocenters. The third-order valence-corrected chi connectivity index (χ3v) is 14.5. The maximum absolute atomic E-state index is 12.1. The number of nitrogens with zero attached hydrogens (tertiary/aromatic N) is 6. The summed E-state index contributed by atoms with van der Waals surface area (Å²) < 4.78 is 21.8. The van der Waals surface area contributed by atoms with E-state index in [0.717, 1.165) is 39.2 Å². The Morgan fingerprint density at radius 3 is 2.43 bits per heavy atom. The van der Waals surface area contributed by atoms with Crippen molar-refractivity contribution in [2.24, 2.45) is 5.14 Å². The molecule has 232 valence electrons. The van der Waals surface area contributed by atoms with Gasteiger partial charge in [0.1, 0.15) is 0 Å². The van der Waals surface area contributed by atoms with E-state index in [9.17, 15) is 4.21 Å². The summed E-state index contributed by atoms with van der Waals surface area (Å²) in [6, 6.07) is 18.1. The van der Waals surface area contributed by atoms with Crippen LogP contribution < -0.4 is 5.14 Å². The number of pyridine rings is 2. The van der Waals surface area contributed by atoms with Crippen molar-refractivity contribution in [1.29, 1.82) is 0 Å². The van der Waals surface area contributed by atoms with Gasteiger partial charge < -0.3 is 4.43 Å². The van der Waals surface area contributed by atoms with Crippen molar-refractivity contribution in [2.45, 2.75) is 83.4 Å². The molecule has 0 radical (unpaired) electrons. The highest BCUT2D eigenvalue weighted by Gasteiger charge is 2.37. The fourth-order valence-electron chi connectivity index (χ4n) is 4.99. The van der Waals surface area contributed by atoms with Crippen LogP contribution in [-0.2, 0) is 22.0 Å². The van der Waals surface area contributed by atoms with Crippen LogP contribution in [0.3, 0.4) is 0 Å². The van der Waals surface area contributed by atoms with E-state index in [0.29, 0.717) is 18.8 Å². The van der Waals surface area contributed by atoms with Gasteiger partial charge in [-0.3, -0.25) is 10.1 Å². The third kappa shape index (κ3) is 6.61. The zero-order valence-corrected chi connectivity index (χ0v) is 28.7. The van der Waals surface area contributed by atoms with E-state index >= 15 is 0 Å². The molecule has 0 spiro atoms. The maximum atomic E-state index is 12.1.